The Morgan fingerprint density at radius 3 is 2.30 bits per heavy atom. The van der Waals surface area contributed by atoms with Gasteiger partial charge in [0, 0.05) is 5.56 Å². The largest absolute Gasteiger partial charge is 0.290 e. The average Bonchev–Trinajstić information content (AvgIpc) is 2.74. The van der Waals surface area contributed by atoms with Crippen molar-refractivity contribution in [2.45, 2.75) is 19.3 Å². The van der Waals surface area contributed by atoms with Crippen molar-refractivity contribution in [2.24, 2.45) is 0 Å². The maximum Gasteiger partial charge on any atom is 0.178 e. The van der Waals surface area contributed by atoms with Crippen LogP contribution in [0, 0.1) is 0 Å². The van der Waals surface area contributed by atoms with Gasteiger partial charge in [0.15, 0.2) is 5.78 Å². The number of fused-ring (bicyclic) bond motifs is 1. The fourth-order valence-corrected chi connectivity index (χ4v) is 3.34. The first kappa shape index (κ1) is 15.4. The third kappa shape index (κ3) is 2.90. The summed E-state index contributed by atoms with van der Waals surface area (Å²) in [6.45, 7) is 4.55. The maximum absolute atomic E-state index is 11.1. The molecule has 0 saturated heterocycles. The molecule has 1 aliphatic carbocycles. The summed E-state index contributed by atoms with van der Waals surface area (Å²) < 4.78 is 0. The van der Waals surface area contributed by atoms with E-state index in [4.69, 9.17) is 0 Å². The quantitative estimate of drug-likeness (QED) is 0.890. The average molecular weight is 304 g/mol. The summed E-state index contributed by atoms with van der Waals surface area (Å²) >= 11 is 0. The first-order chi connectivity index (χ1) is 11.0. The lowest BCUT2D eigenvalue weighted by Gasteiger charge is -2.18. The molecule has 1 aromatic rings. The number of carbonyl (C=O) groups is 1. The van der Waals surface area contributed by atoms with E-state index in [1.165, 1.54) is 21.8 Å². The molecular formula is C21H22NO+. The monoisotopic (exact) mass is 304 g/mol. The van der Waals surface area contributed by atoms with E-state index in [2.05, 4.69) is 57.3 Å². The highest BCUT2D eigenvalue weighted by Crippen LogP contribution is 2.37. The van der Waals surface area contributed by atoms with E-state index in [0.29, 0.717) is 0 Å². The molecule has 1 aliphatic heterocycles. The van der Waals surface area contributed by atoms with Crippen molar-refractivity contribution >= 4 is 11.5 Å². The minimum Gasteiger partial charge on any atom is -0.290 e. The molecule has 2 aliphatic rings. The Hall–Kier alpha value is -2.45. The zero-order chi connectivity index (χ0) is 16.4. The van der Waals surface area contributed by atoms with Gasteiger partial charge in [0.05, 0.1) is 12.5 Å². The first-order valence-electron chi connectivity index (χ1n) is 7.93. The summed E-state index contributed by atoms with van der Waals surface area (Å²) in [5.41, 5.74) is 5.18. The highest BCUT2D eigenvalue weighted by Gasteiger charge is 2.42. The summed E-state index contributed by atoms with van der Waals surface area (Å²) in [6.07, 6.45) is 15.2. The number of hydrogen-bond donors (Lipinski definition) is 1. The van der Waals surface area contributed by atoms with Gasteiger partial charge in [-0.25, -0.2) is 0 Å². The van der Waals surface area contributed by atoms with Crippen LogP contribution in [0.2, 0.25) is 0 Å². The van der Waals surface area contributed by atoms with Gasteiger partial charge in [0.1, 0.15) is 11.4 Å². The molecule has 0 aromatic heterocycles. The van der Waals surface area contributed by atoms with Gasteiger partial charge in [0.25, 0.3) is 0 Å². The van der Waals surface area contributed by atoms with Gasteiger partial charge in [-0.15, -0.1) is 0 Å². The van der Waals surface area contributed by atoms with Crippen molar-refractivity contribution in [1.82, 2.24) is 0 Å². The fraction of sp³-hybridized carbons (Fsp3) is 0.190. The van der Waals surface area contributed by atoms with Crippen LogP contribution in [0.1, 0.15) is 19.4 Å². The summed E-state index contributed by atoms with van der Waals surface area (Å²) in [5, 5.41) is 0. The van der Waals surface area contributed by atoms with Crippen molar-refractivity contribution in [3.63, 3.8) is 0 Å². The summed E-state index contributed by atoms with van der Waals surface area (Å²) in [4.78, 5) is 12.4. The molecule has 0 amide bonds. The highest BCUT2D eigenvalue weighted by atomic mass is 16.1. The number of likely N-dealkylation sites (N-methyl/N-ethyl adjacent to an activating group) is 1. The standard InChI is InChI=1S/C21H21NO/c1-21(2)18-9-5-6-10-19(18)22(3)20(21)11-7-4-8-16-12-14-17(23)15-13-16/h4-15H,1-3H3/p+1. The zero-order valence-electron chi connectivity index (χ0n) is 13.8. The van der Waals surface area contributed by atoms with Gasteiger partial charge in [-0.2, -0.15) is 0 Å². The lowest BCUT2D eigenvalue weighted by atomic mass is 9.84. The van der Waals surface area contributed by atoms with Gasteiger partial charge >= 0.3 is 0 Å². The molecule has 1 atom stereocenters. The predicted molar refractivity (Wildman–Crippen MR) is 94.6 cm³/mol. The Labute approximate surface area is 137 Å². The second-order valence-electron chi connectivity index (χ2n) is 6.50. The molecular weight excluding hydrogens is 282 g/mol. The Kier molecular flexibility index (Phi) is 4.01. The van der Waals surface area contributed by atoms with Gasteiger partial charge in [-0.05, 0) is 43.7 Å². The van der Waals surface area contributed by atoms with Gasteiger partial charge in [-0.3, -0.25) is 9.69 Å². The molecule has 23 heavy (non-hydrogen) atoms. The third-order valence-corrected chi connectivity index (χ3v) is 4.62. The number of nitrogens with one attached hydrogen (secondary N) is 1. The first-order valence-corrected chi connectivity index (χ1v) is 7.93. The van der Waals surface area contributed by atoms with E-state index < -0.39 is 0 Å². The number of ketones is 1. The Bertz CT molecular complexity index is 770. The molecule has 0 bridgehead atoms. The van der Waals surface area contributed by atoms with Gasteiger partial charge in [-0.1, -0.05) is 48.6 Å². The summed E-state index contributed by atoms with van der Waals surface area (Å²) in [5.74, 6) is 0.0453. The summed E-state index contributed by atoms with van der Waals surface area (Å²) in [7, 11) is 2.20. The van der Waals surface area contributed by atoms with Gasteiger partial charge in [0.2, 0.25) is 0 Å². The van der Waals surface area contributed by atoms with Crippen LogP contribution in [-0.2, 0) is 10.2 Å². The van der Waals surface area contributed by atoms with E-state index >= 15 is 0 Å². The van der Waals surface area contributed by atoms with Crippen LogP contribution >= 0.6 is 0 Å². The second-order valence-corrected chi connectivity index (χ2v) is 6.50. The SMILES string of the molecule is C[NH+]1C(=CC=CC=C2C=CC(=O)C=C2)C(C)(C)c2ccccc21. The number of quaternary nitrogens is 1. The predicted octanol–water partition coefficient (Wildman–Crippen LogP) is 3.19. The minimum atomic E-state index is 0.0369. The van der Waals surface area contributed by atoms with Crippen molar-refractivity contribution < 1.29 is 9.69 Å². The van der Waals surface area contributed by atoms with Crippen LogP contribution < -0.4 is 4.90 Å². The molecule has 1 unspecified atom stereocenters. The molecule has 3 rings (SSSR count). The van der Waals surface area contributed by atoms with E-state index in [9.17, 15) is 4.79 Å². The molecule has 116 valence electrons. The molecule has 1 N–H and O–H groups in total. The smallest absolute Gasteiger partial charge is 0.178 e. The number of carbonyl (C=O) groups excluding carboxylic acids is 1. The van der Waals surface area contributed by atoms with Crippen LogP contribution in [0.5, 0.6) is 0 Å². The van der Waals surface area contributed by atoms with Crippen molar-refractivity contribution in [1.29, 1.82) is 0 Å². The van der Waals surface area contributed by atoms with E-state index in [-0.39, 0.29) is 11.2 Å². The topological polar surface area (TPSA) is 21.5 Å². The lowest BCUT2D eigenvalue weighted by molar-refractivity contribution is -0.764. The van der Waals surface area contributed by atoms with Crippen molar-refractivity contribution in [3.05, 3.63) is 89.7 Å². The third-order valence-electron chi connectivity index (χ3n) is 4.62. The maximum atomic E-state index is 11.1. The van der Waals surface area contributed by atoms with Crippen LogP contribution in [-0.4, -0.2) is 12.8 Å². The summed E-state index contributed by atoms with van der Waals surface area (Å²) in [6, 6.07) is 8.64. The van der Waals surface area contributed by atoms with Crippen molar-refractivity contribution in [3.8, 4) is 0 Å². The molecule has 1 heterocycles. The van der Waals surface area contributed by atoms with Crippen molar-refractivity contribution in [2.75, 3.05) is 7.05 Å². The van der Waals surface area contributed by atoms with Crippen LogP contribution in [0.15, 0.2) is 84.1 Å². The Morgan fingerprint density at radius 1 is 0.957 bits per heavy atom. The molecule has 0 radical (unpaired) electrons. The molecule has 0 fully saturated rings. The van der Waals surface area contributed by atoms with Crippen LogP contribution in [0.3, 0.4) is 0 Å². The molecule has 0 spiro atoms. The number of para-hydroxylation sites is 1. The van der Waals surface area contributed by atoms with E-state index in [1.807, 2.05) is 24.3 Å². The Morgan fingerprint density at radius 2 is 1.61 bits per heavy atom. The molecule has 2 nitrogen and oxygen atoms in total. The lowest BCUT2D eigenvalue weighted by Crippen LogP contribution is -3.01. The number of rotatable bonds is 2. The fourth-order valence-electron chi connectivity index (χ4n) is 3.34. The number of allylic oxidation sites excluding steroid dienone is 10. The second kappa shape index (κ2) is 5.98. The normalized spacial score (nSPS) is 23.8. The number of hydrogen-bond acceptors (Lipinski definition) is 1. The molecule has 2 heteroatoms. The van der Waals surface area contributed by atoms with E-state index in [1.54, 1.807) is 12.2 Å². The van der Waals surface area contributed by atoms with Crippen LogP contribution in [0.25, 0.3) is 0 Å². The molecule has 0 saturated carbocycles. The number of benzene rings is 1. The Balaban J connectivity index is 1.83. The minimum absolute atomic E-state index is 0.0369. The van der Waals surface area contributed by atoms with Crippen LogP contribution in [0.4, 0.5) is 5.69 Å². The van der Waals surface area contributed by atoms with E-state index in [0.717, 1.165) is 5.57 Å². The highest BCUT2D eigenvalue weighted by molar-refractivity contribution is 6.01. The van der Waals surface area contributed by atoms with Gasteiger partial charge < -0.3 is 0 Å². The molecule has 1 aromatic carbocycles. The zero-order valence-corrected chi connectivity index (χ0v) is 13.8.